The zero-order chi connectivity index (χ0) is 12.3. The van der Waals surface area contributed by atoms with E-state index in [1.807, 2.05) is 0 Å². The van der Waals surface area contributed by atoms with E-state index in [-0.39, 0.29) is 23.3 Å². The maximum absolute atomic E-state index is 5.72. The largest absolute Gasteiger partial charge is 0.460 e. The summed E-state index contributed by atoms with van der Waals surface area (Å²) in [6.07, 6.45) is 5.94. The molecule has 2 N–H and O–H groups in total. The van der Waals surface area contributed by atoms with E-state index in [9.17, 15) is 0 Å². The minimum atomic E-state index is 0.0790. The number of nitrogens with zero attached hydrogens (tertiary/aromatic N) is 3. The van der Waals surface area contributed by atoms with E-state index in [1.54, 1.807) is 0 Å². The third-order valence-corrected chi connectivity index (χ3v) is 3.36. The lowest BCUT2D eigenvalue weighted by Crippen LogP contribution is -2.26. The summed E-state index contributed by atoms with van der Waals surface area (Å²) in [5.41, 5.74) is 5.49. The Morgan fingerprint density at radius 1 is 1.35 bits per heavy atom. The summed E-state index contributed by atoms with van der Waals surface area (Å²) >= 11 is 5.70. The Morgan fingerprint density at radius 2 is 2.18 bits per heavy atom. The molecule has 0 aromatic carbocycles. The van der Waals surface area contributed by atoms with Crippen LogP contribution in [0.5, 0.6) is 6.01 Å². The van der Waals surface area contributed by atoms with Crippen LogP contribution in [0.3, 0.4) is 0 Å². The van der Waals surface area contributed by atoms with Crippen molar-refractivity contribution in [1.29, 1.82) is 0 Å². The van der Waals surface area contributed by atoms with E-state index in [4.69, 9.17) is 22.1 Å². The molecule has 0 amide bonds. The SMILES string of the molecule is CCC1CCCC(Oc2nc(N)nc(Cl)n2)C1. The van der Waals surface area contributed by atoms with E-state index in [1.165, 1.54) is 19.3 Å². The molecule has 17 heavy (non-hydrogen) atoms. The summed E-state index contributed by atoms with van der Waals surface area (Å²) in [6, 6.07) is 0.240. The van der Waals surface area contributed by atoms with Gasteiger partial charge in [0, 0.05) is 0 Å². The number of nitrogen functional groups attached to an aromatic ring is 1. The zero-order valence-electron chi connectivity index (χ0n) is 9.90. The number of halogens is 1. The number of hydrogen-bond acceptors (Lipinski definition) is 5. The minimum Gasteiger partial charge on any atom is -0.460 e. The van der Waals surface area contributed by atoms with Gasteiger partial charge in [-0.2, -0.15) is 15.0 Å². The van der Waals surface area contributed by atoms with Crippen molar-refractivity contribution in [3.63, 3.8) is 0 Å². The summed E-state index contributed by atoms with van der Waals surface area (Å²) in [5.74, 6) is 0.839. The van der Waals surface area contributed by atoms with Crippen LogP contribution in [0.4, 0.5) is 5.95 Å². The normalized spacial score (nSPS) is 24.6. The molecule has 1 aromatic rings. The first kappa shape index (κ1) is 12.4. The van der Waals surface area contributed by atoms with Crippen molar-refractivity contribution in [3.05, 3.63) is 5.28 Å². The van der Waals surface area contributed by atoms with Crippen molar-refractivity contribution in [3.8, 4) is 6.01 Å². The average molecular weight is 257 g/mol. The van der Waals surface area contributed by atoms with Gasteiger partial charge in [0.2, 0.25) is 11.2 Å². The highest BCUT2D eigenvalue weighted by Crippen LogP contribution is 2.28. The van der Waals surface area contributed by atoms with Gasteiger partial charge in [-0.25, -0.2) is 0 Å². The summed E-state index contributed by atoms with van der Waals surface area (Å²) < 4.78 is 5.72. The van der Waals surface area contributed by atoms with Crippen LogP contribution >= 0.6 is 11.6 Å². The number of ether oxygens (including phenoxy) is 1. The van der Waals surface area contributed by atoms with Crippen LogP contribution < -0.4 is 10.5 Å². The van der Waals surface area contributed by atoms with Crippen LogP contribution in [0.25, 0.3) is 0 Å². The topological polar surface area (TPSA) is 73.9 Å². The first-order chi connectivity index (χ1) is 8.17. The number of rotatable bonds is 3. The Balaban J connectivity index is 2.00. The van der Waals surface area contributed by atoms with Crippen molar-refractivity contribution in [2.24, 2.45) is 5.92 Å². The molecule has 1 aliphatic rings. The molecule has 5 nitrogen and oxygen atoms in total. The molecule has 1 saturated carbocycles. The van der Waals surface area contributed by atoms with Crippen LogP contribution in [0.15, 0.2) is 0 Å². The van der Waals surface area contributed by atoms with Crippen LogP contribution in [0.2, 0.25) is 5.28 Å². The standard InChI is InChI=1S/C11H17ClN4O/c1-2-7-4-3-5-8(6-7)17-11-15-9(12)14-10(13)16-11/h7-8H,2-6H2,1H3,(H2,13,14,15,16). The minimum absolute atomic E-state index is 0.0790. The monoisotopic (exact) mass is 256 g/mol. The third-order valence-electron chi connectivity index (χ3n) is 3.19. The van der Waals surface area contributed by atoms with E-state index in [0.29, 0.717) is 0 Å². The first-order valence-corrected chi connectivity index (χ1v) is 6.39. The molecular formula is C11H17ClN4O. The van der Waals surface area contributed by atoms with Gasteiger partial charge in [0.15, 0.2) is 0 Å². The molecule has 0 aliphatic heterocycles. The van der Waals surface area contributed by atoms with Gasteiger partial charge in [-0.1, -0.05) is 19.8 Å². The molecule has 1 aromatic heterocycles. The van der Waals surface area contributed by atoms with Crippen molar-refractivity contribution in [2.75, 3.05) is 5.73 Å². The lowest BCUT2D eigenvalue weighted by Gasteiger charge is -2.28. The second-order valence-corrected chi connectivity index (χ2v) is 4.76. The summed E-state index contributed by atoms with van der Waals surface area (Å²) in [6.45, 7) is 2.21. The maximum Gasteiger partial charge on any atom is 0.322 e. The second-order valence-electron chi connectivity index (χ2n) is 4.43. The Morgan fingerprint density at radius 3 is 2.88 bits per heavy atom. The predicted octanol–water partition coefficient (Wildman–Crippen LogP) is 2.45. The fourth-order valence-electron chi connectivity index (χ4n) is 2.27. The van der Waals surface area contributed by atoms with E-state index >= 15 is 0 Å². The molecule has 2 rings (SSSR count). The zero-order valence-corrected chi connectivity index (χ0v) is 10.7. The van der Waals surface area contributed by atoms with Gasteiger partial charge in [-0.15, -0.1) is 0 Å². The molecule has 0 bridgehead atoms. The number of hydrogen-bond donors (Lipinski definition) is 1. The van der Waals surface area contributed by atoms with Crippen LogP contribution in [-0.2, 0) is 0 Å². The van der Waals surface area contributed by atoms with Crippen LogP contribution in [-0.4, -0.2) is 21.1 Å². The molecule has 0 saturated heterocycles. The van der Waals surface area contributed by atoms with E-state index in [2.05, 4.69) is 21.9 Å². The average Bonchev–Trinajstić information content (AvgIpc) is 2.28. The molecule has 2 atom stereocenters. The summed E-state index contributed by atoms with van der Waals surface area (Å²) in [4.78, 5) is 11.5. The summed E-state index contributed by atoms with van der Waals surface area (Å²) in [5, 5.41) is 0.0790. The summed E-state index contributed by atoms with van der Waals surface area (Å²) in [7, 11) is 0. The fraction of sp³-hybridized carbons (Fsp3) is 0.727. The van der Waals surface area contributed by atoms with Crippen LogP contribution in [0, 0.1) is 5.92 Å². The lowest BCUT2D eigenvalue weighted by atomic mass is 9.86. The van der Waals surface area contributed by atoms with E-state index < -0.39 is 0 Å². The number of anilines is 1. The third kappa shape index (κ3) is 3.43. The Labute approximate surface area is 106 Å². The van der Waals surface area contributed by atoms with Gasteiger partial charge in [-0.05, 0) is 36.8 Å². The Hall–Kier alpha value is -1.10. The molecule has 6 heteroatoms. The molecule has 0 radical (unpaired) electrons. The van der Waals surface area contributed by atoms with Crippen molar-refractivity contribution < 1.29 is 4.74 Å². The number of aromatic nitrogens is 3. The quantitative estimate of drug-likeness (QED) is 0.899. The first-order valence-electron chi connectivity index (χ1n) is 6.01. The van der Waals surface area contributed by atoms with Crippen molar-refractivity contribution in [2.45, 2.75) is 45.1 Å². The molecule has 2 unspecified atom stereocenters. The van der Waals surface area contributed by atoms with E-state index in [0.717, 1.165) is 18.8 Å². The van der Waals surface area contributed by atoms with Gasteiger partial charge in [0.05, 0.1) is 0 Å². The molecular weight excluding hydrogens is 240 g/mol. The van der Waals surface area contributed by atoms with Gasteiger partial charge in [0.1, 0.15) is 6.10 Å². The molecule has 0 spiro atoms. The Kier molecular flexibility index (Phi) is 3.99. The number of nitrogens with two attached hydrogens (primary N) is 1. The highest BCUT2D eigenvalue weighted by Gasteiger charge is 2.23. The van der Waals surface area contributed by atoms with Gasteiger partial charge >= 0.3 is 6.01 Å². The van der Waals surface area contributed by atoms with Gasteiger partial charge < -0.3 is 10.5 Å². The van der Waals surface area contributed by atoms with Gasteiger partial charge in [0.25, 0.3) is 0 Å². The molecule has 1 heterocycles. The van der Waals surface area contributed by atoms with Crippen LogP contribution in [0.1, 0.15) is 39.0 Å². The highest BCUT2D eigenvalue weighted by atomic mass is 35.5. The molecule has 94 valence electrons. The lowest BCUT2D eigenvalue weighted by molar-refractivity contribution is 0.111. The smallest absolute Gasteiger partial charge is 0.322 e. The van der Waals surface area contributed by atoms with Gasteiger partial charge in [-0.3, -0.25) is 0 Å². The Bertz CT molecular complexity index is 367. The maximum atomic E-state index is 5.72. The highest BCUT2D eigenvalue weighted by molar-refractivity contribution is 6.28. The molecule has 1 aliphatic carbocycles. The van der Waals surface area contributed by atoms with Crippen molar-refractivity contribution >= 4 is 17.5 Å². The molecule has 1 fully saturated rings. The second kappa shape index (κ2) is 5.49. The fourth-order valence-corrected chi connectivity index (χ4v) is 2.43. The predicted molar refractivity (Wildman–Crippen MR) is 65.9 cm³/mol. The van der Waals surface area contributed by atoms with Crippen molar-refractivity contribution in [1.82, 2.24) is 15.0 Å².